The highest BCUT2D eigenvalue weighted by atomic mass is 35.5. The smallest absolute Gasteiger partial charge is 0.359 e. The number of rotatable bonds is 6. The number of thiophene rings is 1. The van der Waals surface area contributed by atoms with Crippen molar-refractivity contribution in [2.75, 3.05) is 19.0 Å². The molecule has 8 nitrogen and oxygen atoms in total. The van der Waals surface area contributed by atoms with Gasteiger partial charge in [-0.15, -0.1) is 11.3 Å². The Morgan fingerprint density at radius 1 is 1.18 bits per heavy atom. The second-order valence-corrected chi connectivity index (χ2v) is 8.12. The molecule has 0 atom stereocenters. The number of anilines is 1. The Labute approximate surface area is 197 Å². The van der Waals surface area contributed by atoms with Crippen LogP contribution in [0.15, 0.2) is 58.7 Å². The number of halogens is 1. The van der Waals surface area contributed by atoms with Crippen molar-refractivity contribution in [2.45, 2.75) is 6.92 Å². The summed E-state index contributed by atoms with van der Waals surface area (Å²) in [4.78, 5) is 38.9. The zero-order valence-electron chi connectivity index (χ0n) is 17.6. The average Bonchev–Trinajstić information content (AvgIpc) is 3.24. The minimum Gasteiger partial charge on any atom is -0.497 e. The standard InChI is InChI=1S/C23H18ClN3O5S/c1-3-32-23(30)19-17-12-33-21(25-20(28)13-7-9-14(24)10-8-13)18(17)22(29)27(26-19)15-5-4-6-16(11-15)31-2/h4-12H,3H2,1-2H3,(H,25,28). The average molecular weight is 484 g/mol. The number of aromatic nitrogens is 2. The van der Waals surface area contributed by atoms with Crippen LogP contribution in [0, 0.1) is 0 Å². The van der Waals surface area contributed by atoms with Crippen molar-refractivity contribution in [3.05, 3.63) is 80.5 Å². The summed E-state index contributed by atoms with van der Waals surface area (Å²) in [6.45, 7) is 1.82. The number of carbonyl (C=O) groups excluding carboxylic acids is 2. The van der Waals surface area contributed by atoms with E-state index < -0.39 is 17.4 Å². The highest BCUT2D eigenvalue weighted by Gasteiger charge is 2.23. The van der Waals surface area contributed by atoms with Crippen LogP contribution in [0.3, 0.4) is 0 Å². The Balaban J connectivity index is 1.88. The maximum Gasteiger partial charge on any atom is 0.359 e. The second-order valence-electron chi connectivity index (χ2n) is 6.80. The van der Waals surface area contributed by atoms with Crippen LogP contribution in [0.1, 0.15) is 27.8 Å². The van der Waals surface area contributed by atoms with Crippen LogP contribution in [0.25, 0.3) is 16.5 Å². The lowest BCUT2D eigenvalue weighted by Crippen LogP contribution is -2.25. The molecular weight excluding hydrogens is 466 g/mol. The van der Waals surface area contributed by atoms with E-state index in [1.807, 2.05) is 0 Å². The minimum atomic E-state index is -0.674. The highest BCUT2D eigenvalue weighted by molar-refractivity contribution is 7.16. The molecule has 0 radical (unpaired) electrons. The first kappa shape index (κ1) is 22.5. The lowest BCUT2D eigenvalue weighted by atomic mass is 10.2. The van der Waals surface area contributed by atoms with Gasteiger partial charge in [0.2, 0.25) is 0 Å². The lowest BCUT2D eigenvalue weighted by molar-refractivity contribution is 0.0520. The fourth-order valence-corrected chi connectivity index (χ4v) is 4.24. The van der Waals surface area contributed by atoms with E-state index in [-0.39, 0.29) is 17.7 Å². The number of benzene rings is 2. The third kappa shape index (κ3) is 4.46. The molecule has 168 valence electrons. The van der Waals surface area contributed by atoms with Crippen molar-refractivity contribution >= 4 is 50.6 Å². The summed E-state index contributed by atoms with van der Waals surface area (Å²) in [6, 6.07) is 13.1. The van der Waals surface area contributed by atoms with E-state index in [1.165, 1.54) is 7.11 Å². The van der Waals surface area contributed by atoms with Gasteiger partial charge in [-0.2, -0.15) is 9.78 Å². The molecule has 2 aromatic carbocycles. The fraction of sp³-hybridized carbons (Fsp3) is 0.130. The number of hydrogen-bond donors (Lipinski definition) is 1. The molecule has 10 heteroatoms. The first-order valence-electron chi connectivity index (χ1n) is 9.86. The monoisotopic (exact) mass is 483 g/mol. The molecular formula is C23H18ClN3O5S. The van der Waals surface area contributed by atoms with Gasteiger partial charge in [0.15, 0.2) is 5.69 Å². The van der Waals surface area contributed by atoms with Gasteiger partial charge >= 0.3 is 5.97 Å². The number of ether oxygens (including phenoxy) is 2. The molecule has 0 aliphatic carbocycles. The van der Waals surface area contributed by atoms with Crippen molar-refractivity contribution < 1.29 is 19.1 Å². The Kier molecular flexibility index (Phi) is 6.43. The van der Waals surface area contributed by atoms with Crippen molar-refractivity contribution in [2.24, 2.45) is 0 Å². The molecule has 4 rings (SSSR count). The summed E-state index contributed by atoms with van der Waals surface area (Å²) in [5.41, 5.74) is 0.234. The molecule has 0 fully saturated rings. The Morgan fingerprint density at radius 2 is 1.94 bits per heavy atom. The van der Waals surface area contributed by atoms with Crippen LogP contribution in [-0.2, 0) is 4.74 Å². The van der Waals surface area contributed by atoms with E-state index in [4.69, 9.17) is 21.1 Å². The molecule has 33 heavy (non-hydrogen) atoms. The van der Waals surface area contributed by atoms with Crippen LogP contribution in [0.4, 0.5) is 5.00 Å². The number of fused-ring (bicyclic) bond motifs is 1. The van der Waals surface area contributed by atoms with E-state index in [1.54, 1.807) is 60.8 Å². The number of amides is 1. The molecule has 1 N–H and O–H groups in total. The molecule has 0 aliphatic heterocycles. The molecule has 1 amide bonds. The normalized spacial score (nSPS) is 10.8. The predicted molar refractivity (Wildman–Crippen MR) is 127 cm³/mol. The minimum absolute atomic E-state index is 0.0301. The first-order valence-corrected chi connectivity index (χ1v) is 11.1. The number of methoxy groups -OCH3 is 1. The first-order chi connectivity index (χ1) is 15.9. The van der Waals surface area contributed by atoms with Gasteiger partial charge in [0.05, 0.1) is 24.8 Å². The maximum absolute atomic E-state index is 13.5. The third-order valence-electron chi connectivity index (χ3n) is 4.75. The highest BCUT2D eigenvalue weighted by Crippen LogP contribution is 2.31. The quantitative estimate of drug-likeness (QED) is 0.404. The van der Waals surface area contributed by atoms with E-state index in [0.29, 0.717) is 32.4 Å². The van der Waals surface area contributed by atoms with Gasteiger partial charge in [0.25, 0.3) is 11.5 Å². The molecule has 0 aliphatic rings. The Bertz CT molecular complexity index is 1410. The van der Waals surface area contributed by atoms with Gasteiger partial charge in [0.1, 0.15) is 10.8 Å². The Morgan fingerprint density at radius 3 is 2.64 bits per heavy atom. The zero-order valence-corrected chi connectivity index (χ0v) is 19.2. The molecule has 0 unspecified atom stereocenters. The van der Waals surface area contributed by atoms with Gasteiger partial charge in [-0.3, -0.25) is 9.59 Å². The number of nitrogens with one attached hydrogen (secondary N) is 1. The maximum atomic E-state index is 13.5. The van der Waals surface area contributed by atoms with Crippen molar-refractivity contribution in [3.8, 4) is 11.4 Å². The van der Waals surface area contributed by atoms with Crippen LogP contribution in [0.5, 0.6) is 5.75 Å². The second kappa shape index (κ2) is 9.43. The molecule has 2 aromatic heterocycles. The topological polar surface area (TPSA) is 99.5 Å². The van der Waals surface area contributed by atoms with Crippen molar-refractivity contribution in [3.63, 3.8) is 0 Å². The van der Waals surface area contributed by atoms with E-state index in [2.05, 4.69) is 10.4 Å². The van der Waals surface area contributed by atoms with E-state index >= 15 is 0 Å². The summed E-state index contributed by atoms with van der Waals surface area (Å²) < 4.78 is 11.5. The number of esters is 1. The largest absolute Gasteiger partial charge is 0.497 e. The third-order valence-corrected chi connectivity index (χ3v) is 5.90. The summed E-state index contributed by atoms with van der Waals surface area (Å²) in [5.74, 6) is -0.578. The molecule has 0 spiro atoms. The predicted octanol–water partition coefficient (Wildman–Crippen LogP) is 4.54. The van der Waals surface area contributed by atoms with Crippen molar-refractivity contribution in [1.82, 2.24) is 9.78 Å². The molecule has 2 heterocycles. The fourth-order valence-electron chi connectivity index (χ4n) is 3.19. The van der Waals surface area contributed by atoms with Crippen LogP contribution < -0.4 is 15.6 Å². The van der Waals surface area contributed by atoms with Gasteiger partial charge in [-0.05, 0) is 43.3 Å². The van der Waals surface area contributed by atoms with Crippen LogP contribution >= 0.6 is 22.9 Å². The van der Waals surface area contributed by atoms with Gasteiger partial charge in [-0.1, -0.05) is 17.7 Å². The van der Waals surface area contributed by atoms with Crippen LogP contribution in [-0.4, -0.2) is 35.4 Å². The Hall–Kier alpha value is -3.69. The van der Waals surface area contributed by atoms with Gasteiger partial charge < -0.3 is 14.8 Å². The molecule has 0 saturated heterocycles. The van der Waals surface area contributed by atoms with Crippen molar-refractivity contribution in [1.29, 1.82) is 0 Å². The molecule has 4 aromatic rings. The summed E-state index contributed by atoms with van der Waals surface area (Å²) >= 11 is 7.02. The summed E-state index contributed by atoms with van der Waals surface area (Å²) in [7, 11) is 1.51. The SMILES string of the molecule is CCOC(=O)c1nn(-c2cccc(OC)c2)c(=O)c2c(NC(=O)c3ccc(Cl)cc3)scc12. The number of nitrogens with zero attached hydrogens (tertiary/aromatic N) is 2. The van der Waals surface area contributed by atoms with E-state index in [0.717, 1.165) is 16.0 Å². The summed E-state index contributed by atoms with van der Waals surface area (Å²) in [5, 5.41) is 9.88. The number of carbonyl (C=O) groups is 2. The van der Waals surface area contributed by atoms with E-state index in [9.17, 15) is 14.4 Å². The lowest BCUT2D eigenvalue weighted by Gasteiger charge is -2.11. The van der Waals surface area contributed by atoms with Gasteiger partial charge in [0, 0.05) is 27.4 Å². The van der Waals surface area contributed by atoms with Crippen LogP contribution in [0.2, 0.25) is 5.02 Å². The van der Waals surface area contributed by atoms with Gasteiger partial charge in [-0.25, -0.2) is 4.79 Å². The zero-order chi connectivity index (χ0) is 23.5. The molecule has 0 saturated carbocycles. The summed E-state index contributed by atoms with van der Waals surface area (Å²) in [6.07, 6.45) is 0. The number of hydrogen-bond acceptors (Lipinski definition) is 7. The molecule has 0 bridgehead atoms.